The third-order valence-electron chi connectivity index (χ3n) is 3.68. The second-order valence-corrected chi connectivity index (χ2v) is 5.27. The van der Waals surface area contributed by atoms with Gasteiger partial charge in [-0.15, -0.1) is 0 Å². The molecule has 112 valence electrons. The summed E-state index contributed by atoms with van der Waals surface area (Å²) in [7, 11) is 1.64. The number of carboxylic acids is 1. The number of benzene rings is 1. The zero-order valence-electron chi connectivity index (χ0n) is 12.5. The van der Waals surface area contributed by atoms with Crippen LogP contribution >= 0.6 is 0 Å². The molecule has 5 nitrogen and oxygen atoms in total. The van der Waals surface area contributed by atoms with Crippen LogP contribution in [0.25, 0.3) is 10.9 Å². The van der Waals surface area contributed by atoms with Crippen LogP contribution in [0.15, 0.2) is 30.5 Å². The highest BCUT2D eigenvalue weighted by molar-refractivity contribution is 6.07. The van der Waals surface area contributed by atoms with Crippen LogP contribution in [-0.4, -0.2) is 40.0 Å². The molecule has 1 aromatic heterocycles. The first kappa shape index (κ1) is 15.1. The van der Waals surface area contributed by atoms with E-state index in [2.05, 4.69) is 0 Å². The lowest BCUT2D eigenvalue weighted by atomic mass is 10.1. The maximum atomic E-state index is 12.6. The lowest BCUT2D eigenvalue weighted by Gasteiger charge is -2.19. The lowest BCUT2D eigenvalue weighted by molar-refractivity contribution is -0.141. The molecule has 0 aliphatic carbocycles. The number of carbonyl (C=O) groups is 2. The number of aromatic nitrogens is 1. The van der Waals surface area contributed by atoms with Gasteiger partial charge in [-0.05, 0) is 13.0 Å². The minimum absolute atomic E-state index is 0.147. The Morgan fingerprint density at radius 1 is 1.33 bits per heavy atom. The minimum atomic E-state index is -0.898. The molecule has 0 aliphatic rings. The van der Waals surface area contributed by atoms with Crippen LogP contribution in [0.5, 0.6) is 0 Å². The monoisotopic (exact) mass is 288 g/mol. The van der Waals surface area contributed by atoms with Crippen molar-refractivity contribution in [2.24, 2.45) is 5.92 Å². The summed E-state index contributed by atoms with van der Waals surface area (Å²) in [6, 6.07) is 7.75. The summed E-state index contributed by atoms with van der Waals surface area (Å²) in [5.41, 5.74) is 1.63. The van der Waals surface area contributed by atoms with E-state index < -0.39 is 11.9 Å². The van der Waals surface area contributed by atoms with Crippen molar-refractivity contribution in [2.75, 3.05) is 13.6 Å². The summed E-state index contributed by atoms with van der Waals surface area (Å²) in [5, 5.41) is 9.86. The molecule has 2 rings (SSSR count). The number of carboxylic acid groups (broad SMARTS) is 1. The fraction of sp³-hybridized carbons (Fsp3) is 0.375. The van der Waals surface area contributed by atoms with E-state index in [1.807, 2.05) is 42.0 Å². The average molecular weight is 288 g/mol. The van der Waals surface area contributed by atoms with Crippen LogP contribution in [0, 0.1) is 5.92 Å². The van der Waals surface area contributed by atoms with Crippen LogP contribution in [0.2, 0.25) is 0 Å². The first-order valence-corrected chi connectivity index (χ1v) is 7.01. The summed E-state index contributed by atoms with van der Waals surface area (Å²) >= 11 is 0. The summed E-state index contributed by atoms with van der Waals surface area (Å²) in [6.07, 6.45) is 1.84. The Morgan fingerprint density at radius 2 is 2.00 bits per heavy atom. The van der Waals surface area contributed by atoms with E-state index in [1.54, 1.807) is 14.0 Å². The first-order chi connectivity index (χ1) is 9.95. The highest BCUT2D eigenvalue weighted by atomic mass is 16.4. The molecule has 1 unspecified atom stereocenters. The molecule has 1 heterocycles. The van der Waals surface area contributed by atoms with E-state index in [0.717, 1.165) is 17.4 Å². The van der Waals surface area contributed by atoms with Crippen LogP contribution in [0.1, 0.15) is 24.2 Å². The van der Waals surface area contributed by atoms with Gasteiger partial charge in [-0.1, -0.05) is 25.1 Å². The predicted octanol–water partition coefficient (Wildman–Crippen LogP) is 2.45. The Morgan fingerprint density at radius 3 is 2.62 bits per heavy atom. The predicted molar refractivity (Wildman–Crippen MR) is 81.4 cm³/mol. The Bertz CT molecular complexity index is 675. The van der Waals surface area contributed by atoms with E-state index in [9.17, 15) is 9.59 Å². The normalized spacial score (nSPS) is 12.3. The first-order valence-electron chi connectivity index (χ1n) is 7.01. The third kappa shape index (κ3) is 2.91. The topological polar surface area (TPSA) is 62.5 Å². The van der Waals surface area contributed by atoms with Crippen molar-refractivity contribution in [3.63, 3.8) is 0 Å². The van der Waals surface area contributed by atoms with Crippen molar-refractivity contribution in [1.82, 2.24) is 9.47 Å². The van der Waals surface area contributed by atoms with Gasteiger partial charge in [-0.3, -0.25) is 9.59 Å². The van der Waals surface area contributed by atoms with Crippen molar-refractivity contribution >= 4 is 22.8 Å². The fourth-order valence-corrected chi connectivity index (χ4v) is 2.46. The Labute approximate surface area is 123 Å². The number of carbonyl (C=O) groups excluding carboxylic acids is 1. The highest BCUT2D eigenvalue weighted by Gasteiger charge is 2.21. The van der Waals surface area contributed by atoms with Gasteiger partial charge in [0, 0.05) is 37.2 Å². The Balaban J connectivity index is 2.33. The van der Waals surface area contributed by atoms with E-state index >= 15 is 0 Å². The maximum Gasteiger partial charge on any atom is 0.308 e. The van der Waals surface area contributed by atoms with E-state index in [-0.39, 0.29) is 12.5 Å². The van der Waals surface area contributed by atoms with Gasteiger partial charge in [-0.25, -0.2) is 0 Å². The smallest absolute Gasteiger partial charge is 0.308 e. The Hall–Kier alpha value is -2.30. The van der Waals surface area contributed by atoms with Crippen LogP contribution in [0.4, 0.5) is 0 Å². The maximum absolute atomic E-state index is 12.6. The molecule has 1 N–H and O–H groups in total. The molecule has 0 bridgehead atoms. The second kappa shape index (κ2) is 5.99. The quantitative estimate of drug-likeness (QED) is 0.919. The molecule has 1 aromatic carbocycles. The molecule has 0 radical (unpaired) electrons. The van der Waals surface area contributed by atoms with Crippen molar-refractivity contribution in [3.8, 4) is 0 Å². The van der Waals surface area contributed by atoms with Crippen molar-refractivity contribution in [3.05, 3.63) is 36.0 Å². The summed E-state index contributed by atoms with van der Waals surface area (Å²) < 4.78 is 2.02. The number of nitrogens with zero attached hydrogens (tertiary/aromatic N) is 2. The molecule has 0 aliphatic heterocycles. The lowest BCUT2D eigenvalue weighted by Crippen LogP contribution is -2.33. The molecule has 5 heteroatoms. The summed E-state index contributed by atoms with van der Waals surface area (Å²) in [6.45, 7) is 4.60. The van der Waals surface area contributed by atoms with Crippen molar-refractivity contribution < 1.29 is 14.7 Å². The second-order valence-electron chi connectivity index (χ2n) is 5.27. The fourth-order valence-electron chi connectivity index (χ4n) is 2.46. The molecule has 0 spiro atoms. The van der Waals surface area contributed by atoms with Gasteiger partial charge in [0.2, 0.25) is 0 Å². The molecule has 1 atom stereocenters. The molecule has 2 aromatic rings. The van der Waals surface area contributed by atoms with Crippen LogP contribution in [0.3, 0.4) is 0 Å². The molecule has 0 fully saturated rings. The number of para-hydroxylation sites is 1. The number of rotatable bonds is 5. The zero-order chi connectivity index (χ0) is 15.6. The SMILES string of the molecule is CCn1cc(C(=O)N(C)CC(C)C(=O)O)c2ccccc21. The van der Waals surface area contributed by atoms with Crippen LogP contribution in [-0.2, 0) is 11.3 Å². The standard InChI is InChI=1S/C16H20N2O3/c1-4-18-10-13(12-7-5-6-8-14(12)18)15(19)17(3)9-11(2)16(20)21/h5-8,10-11H,4,9H2,1-3H3,(H,20,21). The molecular weight excluding hydrogens is 268 g/mol. The molecule has 21 heavy (non-hydrogen) atoms. The van der Waals surface area contributed by atoms with E-state index in [4.69, 9.17) is 5.11 Å². The number of aliphatic carboxylic acids is 1. The largest absolute Gasteiger partial charge is 0.481 e. The van der Waals surface area contributed by atoms with Gasteiger partial charge in [0.15, 0.2) is 0 Å². The van der Waals surface area contributed by atoms with Gasteiger partial charge in [-0.2, -0.15) is 0 Å². The molecule has 0 saturated carbocycles. The van der Waals surface area contributed by atoms with E-state index in [0.29, 0.717) is 5.56 Å². The Kier molecular flexibility index (Phi) is 4.31. The number of hydrogen-bond donors (Lipinski definition) is 1. The summed E-state index contributed by atoms with van der Waals surface area (Å²) in [4.78, 5) is 25.0. The molecular formula is C16H20N2O3. The van der Waals surface area contributed by atoms with Gasteiger partial charge in [0.25, 0.3) is 5.91 Å². The minimum Gasteiger partial charge on any atom is -0.481 e. The van der Waals surface area contributed by atoms with Gasteiger partial charge in [0.1, 0.15) is 0 Å². The average Bonchev–Trinajstić information content (AvgIpc) is 2.85. The number of aryl methyl sites for hydroxylation is 1. The van der Waals surface area contributed by atoms with Gasteiger partial charge >= 0.3 is 5.97 Å². The molecule has 0 saturated heterocycles. The number of fused-ring (bicyclic) bond motifs is 1. The van der Waals surface area contributed by atoms with Gasteiger partial charge < -0.3 is 14.6 Å². The zero-order valence-corrected chi connectivity index (χ0v) is 12.5. The third-order valence-corrected chi connectivity index (χ3v) is 3.68. The summed E-state index contributed by atoms with van der Waals surface area (Å²) in [5.74, 6) is -1.63. The van der Waals surface area contributed by atoms with E-state index in [1.165, 1.54) is 4.90 Å². The van der Waals surface area contributed by atoms with Crippen LogP contribution < -0.4 is 0 Å². The highest BCUT2D eigenvalue weighted by Crippen LogP contribution is 2.22. The van der Waals surface area contributed by atoms with Crippen molar-refractivity contribution in [2.45, 2.75) is 20.4 Å². The van der Waals surface area contributed by atoms with Gasteiger partial charge in [0.05, 0.1) is 11.5 Å². The number of amides is 1. The number of hydrogen-bond acceptors (Lipinski definition) is 2. The van der Waals surface area contributed by atoms with Crippen molar-refractivity contribution in [1.29, 1.82) is 0 Å². The molecule has 1 amide bonds.